The summed E-state index contributed by atoms with van der Waals surface area (Å²) in [6, 6.07) is 53.5. The Morgan fingerprint density at radius 1 is 0.356 bits per heavy atom. The van der Waals surface area contributed by atoms with Crippen molar-refractivity contribution in [2.45, 2.75) is 0 Å². The molecule has 0 aliphatic carbocycles. The van der Waals surface area contributed by atoms with E-state index in [1.54, 1.807) is 0 Å². The number of hydrogen-bond donors (Lipinski definition) is 0. The first-order valence-electron chi connectivity index (χ1n) is 15.0. The van der Waals surface area contributed by atoms with Gasteiger partial charge in [0.15, 0.2) is 0 Å². The average molecular weight is 639 g/mol. The van der Waals surface area contributed by atoms with E-state index >= 15 is 0 Å². The van der Waals surface area contributed by atoms with Crippen molar-refractivity contribution in [3.63, 3.8) is 0 Å². The van der Waals surface area contributed by atoms with Crippen LogP contribution in [0.3, 0.4) is 0 Å². The van der Waals surface area contributed by atoms with Gasteiger partial charge in [-0.1, -0.05) is 0 Å². The zero-order valence-electron chi connectivity index (χ0n) is 24.2. The Labute approximate surface area is 266 Å². The summed E-state index contributed by atoms with van der Waals surface area (Å²) in [6.07, 6.45) is 0. The van der Waals surface area contributed by atoms with Crippen LogP contribution in [0.4, 0.5) is 0 Å². The summed E-state index contributed by atoms with van der Waals surface area (Å²) in [5, 5.41) is 7.62. The molecule has 4 heteroatoms. The van der Waals surface area contributed by atoms with Crippen molar-refractivity contribution in [3.05, 3.63) is 152 Å². The van der Waals surface area contributed by atoms with E-state index in [1.807, 2.05) is 36.4 Å². The van der Waals surface area contributed by atoms with E-state index in [0.717, 1.165) is 16.7 Å². The summed E-state index contributed by atoms with van der Waals surface area (Å²) in [5.41, 5.74) is 5.54. The molecule has 0 N–H and O–H groups in total. The van der Waals surface area contributed by atoms with Crippen LogP contribution >= 0.6 is 0 Å². The minimum atomic E-state index is 0.0764. The van der Waals surface area contributed by atoms with Gasteiger partial charge in [0.25, 0.3) is 0 Å². The maximum atomic E-state index is 5.18. The Morgan fingerprint density at radius 2 is 0.911 bits per heavy atom. The molecule has 9 rings (SSSR count). The number of benzene rings is 7. The molecule has 0 saturated heterocycles. The van der Waals surface area contributed by atoms with Crippen molar-refractivity contribution in [3.8, 4) is 45.3 Å². The summed E-state index contributed by atoms with van der Waals surface area (Å²) < 4.78 is 2.81. The third-order valence-electron chi connectivity index (χ3n) is 8.50. The van der Waals surface area contributed by atoms with Crippen molar-refractivity contribution in [1.29, 1.82) is 0 Å². The van der Waals surface area contributed by atoms with Gasteiger partial charge >= 0.3 is 267 Å². The Kier molecular flexibility index (Phi) is 6.15. The van der Waals surface area contributed by atoms with Crippen molar-refractivity contribution in [2.75, 3.05) is 0 Å². The number of rotatable bonds is 4. The predicted octanol–water partition coefficient (Wildman–Crippen LogP) is 10.2. The molecule has 0 radical (unpaired) electrons. The monoisotopic (exact) mass is 639 g/mol. The van der Waals surface area contributed by atoms with Crippen LogP contribution < -0.4 is 0 Å². The molecule has 2 aromatic heterocycles. The zero-order chi connectivity index (χ0) is 29.7. The van der Waals surface area contributed by atoms with Gasteiger partial charge in [0.1, 0.15) is 0 Å². The summed E-state index contributed by atoms with van der Waals surface area (Å²) in [6.45, 7) is 0. The van der Waals surface area contributed by atoms with Gasteiger partial charge in [-0.3, -0.25) is 0 Å². The van der Waals surface area contributed by atoms with Gasteiger partial charge < -0.3 is 0 Å². The molecular formula is C41H25N3Se. The van der Waals surface area contributed by atoms with Gasteiger partial charge in [0, 0.05) is 0 Å². The molecule has 7 aromatic carbocycles. The summed E-state index contributed by atoms with van der Waals surface area (Å²) in [7, 11) is 0. The van der Waals surface area contributed by atoms with E-state index in [9.17, 15) is 0 Å². The third kappa shape index (κ3) is 4.38. The molecule has 0 saturated carbocycles. The molecule has 0 bridgehead atoms. The van der Waals surface area contributed by atoms with Gasteiger partial charge in [-0.2, -0.15) is 0 Å². The van der Waals surface area contributed by atoms with E-state index in [4.69, 9.17) is 15.0 Å². The van der Waals surface area contributed by atoms with Crippen LogP contribution in [0.15, 0.2) is 152 Å². The van der Waals surface area contributed by atoms with E-state index in [0.29, 0.717) is 17.5 Å². The van der Waals surface area contributed by atoms with Gasteiger partial charge in [0.2, 0.25) is 0 Å². The topological polar surface area (TPSA) is 38.7 Å². The molecule has 0 amide bonds. The zero-order valence-corrected chi connectivity index (χ0v) is 25.9. The number of nitrogens with zero attached hydrogens (tertiary/aromatic N) is 3. The van der Waals surface area contributed by atoms with Crippen LogP contribution in [0.2, 0.25) is 0 Å². The fraction of sp³-hybridized carbons (Fsp3) is 0. The molecule has 0 aliphatic rings. The van der Waals surface area contributed by atoms with Crippen molar-refractivity contribution < 1.29 is 0 Å². The quantitative estimate of drug-likeness (QED) is 0.142. The second-order valence-corrected chi connectivity index (χ2v) is 13.3. The van der Waals surface area contributed by atoms with Crippen LogP contribution in [0, 0.1) is 0 Å². The fourth-order valence-electron chi connectivity index (χ4n) is 6.40. The molecule has 2 heterocycles. The Hall–Kier alpha value is -5.41. The van der Waals surface area contributed by atoms with Crippen LogP contribution in [0.5, 0.6) is 0 Å². The van der Waals surface area contributed by atoms with Gasteiger partial charge in [-0.05, 0) is 0 Å². The maximum absolute atomic E-state index is 5.18. The fourth-order valence-corrected chi connectivity index (χ4v) is 9.41. The van der Waals surface area contributed by atoms with Gasteiger partial charge in [-0.25, -0.2) is 0 Å². The van der Waals surface area contributed by atoms with Gasteiger partial charge in [-0.15, -0.1) is 0 Å². The predicted molar refractivity (Wildman–Crippen MR) is 189 cm³/mol. The molecule has 0 fully saturated rings. The summed E-state index contributed by atoms with van der Waals surface area (Å²) >= 11 is 0.0764. The summed E-state index contributed by atoms with van der Waals surface area (Å²) in [5.74, 6) is 2.05. The first-order chi connectivity index (χ1) is 22.3. The number of aromatic nitrogens is 3. The van der Waals surface area contributed by atoms with Crippen LogP contribution in [0.1, 0.15) is 0 Å². The normalized spacial score (nSPS) is 11.6. The minimum absolute atomic E-state index is 0.0764. The van der Waals surface area contributed by atoms with E-state index in [1.165, 1.54) is 52.0 Å². The van der Waals surface area contributed by atoms with Crippen molar-refractivity contribution in [2.24, 2.45) is 0 Å². The Balaban J connectivity index is 1.43. The van der Waals surface area contributed by atoms with Crippen molar-refractivity contribution in [1.82, 2.24) is 15.0 Å². The van der Waals surface area contributed by atoms with Crippen molar-refractivity contribution >= 4 is 55.3 Å². The Morgan fingerprint density at radius 3 is 1.60 bits per heavy atom. The molecule has 9 aromatic rings. The molecule has 210 valence electrons. The number of hydrogen-bond acceptors (Lipinski definition) is 3. The third-order valence-corrected chi connectivity index (χ3v) is 11.1. The first kappa shape index (κ1) is 26.0. The molecule has 3 nitrogen and oxygen atoms in total. The van der Waals surface area contributed by atoms with Crippen LogP contribution in [-0.4, -0.2) is 29.5 Å². The first-order valence-corrected chi connectivity index (χ1v) is 16.8. The molecule has 45 heavy (non-hydrogen) atoms. The van der Waals surface area contributed by atoms with Crippen LogP contribution in [0.25, 0.3) is 86.1 Å². The second kappa shape index (κ2) is 10.6. The summed E-state index contributed by atoms with van der Waals surface area (Å²) in [4.78, 5) is 15.3. The Bertz CT molecular complexity index is 2460. The van der Waals surface area contributed by atoms with E-state index < -0.39 is 0 Å². The molecule has 0 aliphatic heterocycles. The van der Waals surface area contributed by atoms with Crippen LogP contribution in [-0.2, 0) is 0 Å². The van der Waals surface area contributed by atoms with Gasteiger partial charge in [0.05, 0.1) is 0 Å². The molecular weight excluding hydrogens is 613 g/mol. The molecule has 0 spiro atoms. The molecule has 0 unspecified atom stereocenters. The standard InChI is InChI=1S/C41H25N3Se/c1-4-13-26(14-5-1)32-21-12-22-33-36-34(25-30-24-23-27-15-10-11-20-31(27)35(30)38(36)45-37(32)33)41-43-39(28-16-6-2-7-17-28)42-40(44-41)29-18-8-3-9-19-29/h1-25H. The average Bonchev–Trinajstić information content (AvgIpc) is 3.52. The van der Waals surface area contributed by atoms with E-state index in [2.05, 4.69) is 115 Å². The SMILES string of the molecule is c1ccc(-c2nc(-c3ccccc3)nc(-c3cc4ccc5ccccc5c4c4[se]c5c(-c6ccccc6)cccc5c34)n2)cc1. The van der Waals surface area contributed by atoms with E-state index in [-0.39, 0.29) is 14.5 Å². The second-order valence-electron chi connectivity index (χ2n) is 11.2. The number of fused-ring (bicyclic) bond motifs is 7. The molecule has 0 atom stereocenters.